The molecule has 4 rings (SSSR count). The van der Waals surface area contributed by atoms with Gasteiger partial charge in [-0.25, -0.2) is 8.78 Å². The number of aliphatic hydroxyl groups excluding tert-OH is 1. The Morgan fingerprint density at radius 2 is 1.72 bits per heavy atom. The van der Waals surface area contributed by atoms with Gasteiger partial charge in [-0.05, 0) is 53.8 Å². The van der Waals surface area contributed by atoms with Gasteiger partial charge in [0.15, 0.2) is 11.3 Å². The van der Waals surface area contributed by atoms with Gasteiger partial charge in [0.25, 0.3) is 5.91 Å². The highest BCUT2D eigenvalue weighted by molar-refractivity contribution is 6.34. The highest BCUT2D eigenvalue weighted by Gasteiger charge is 2.25. The van der Waals surface area contributed by atoms with Crippen LogP contribution in [0.15, 0.2) is 71.1 Å². The molecule has 0 radical (unpaired) electrons. The fourth-order valence-electron chi connectivity index (χ4n) is 4.11. The fourth-order valence-corrected chi connectivity index (χ4v) is 4.33. The Bertz CT molecular complexity index is 1340. The molecule has 5 nitrogen and oxygen atoms in total. The van der Waals surface area contributed by atoms with Crippen LogP contribution in [0.5, 0.6) is 0 Å². The third-order valence-electron chi connectivity index (χ3n) is 5.96. The first-order chi connectivity index (χ1) is 17.3. The Labute approximate surface area is 213 Å². The minimum Gasteiger partial charge on any atom is -0.449 e. The van der Waals surface area contributed by atoms with E-state index in [0.29, 0.717) is 28.1 Å². The molecule has 3 N–H and O–H groups in total. The summed E-state index contributed by atoms with van der Waals surface area (Å²) in [6, 6.07) is 17.1. The minimum absolute atomic E-state index is 0.00950. The van der Waals surface area contributed by atoms with Crippen molar-refractivity contribution in [3.05, 3.63) is 106 Å². The van der Waals surface area contributed by atoms with Crippen molar-refractivity contribution in [1.82, 2.24) is 10.6 Å². The summed E-state index contributed by atoms with van der Waals surface area (Å²) in [4.78, 5) is 13.0. The van der Waals surface area contributed by atoms with Crippen molar-refractivity contribution in [2.24, 2.45) is 0 Å². The monoisotopic (exact) mass is 512 g/mol. The van der Waals surface area contributed by atoms with Gasteiger partial charge in [0.05, 0.1) is 17.2 Å². The highest BCUT2D eigenvalue weighted by Crippen LogP contribution is 2.26. The lowest BCUT2D eigenvalue weighted by atomic mass is 10.00. The van der Waals surface area contributed by atoms with Crippen molar-refractivity contribution in [1.29, 1.82) is 0 Å². The number of aliphatic hydroxyl groups is 1. The van der Waals surface area contributed by atoms with Crippen LogP contribution in [0.2, 0.25) is 5.02 Å². The lowest BCUT2D eigenvalue weighted by Crippen LogP contribution is -2.48. The number of para-hydroxylation sites is 1. The number of nitrogens with one attached hydrogen (secondary N) is 2. The zero-order valence-corrected chi connectivity index (χ0v) is 20.5. The van der Waals surface area contributed by atoms with Gasteiger partial charge in [-0.15, -0.1) is 0 Å². The van der Waals surface area contributed by atoms with Crippen LogP contribution in [0.3, 0.4) is 0 Å². The van der Waals surface area contributed by atoms with Crippen molar-refractivity contribution >= 4 is 28.5 Å². The molecule has 0 aliphatic rings. The molecule has 0 saturated heterocycles. The van der Waals surface area contributed by atoms with E-state index in [-0.39, 0.29) is 18.7 Å². The normalized spacial score (nSPS) is 13.0. The lowest BCUT2D eigenvalue weighted by molar-refractivity contribution is 0.0806. The molecule has 3 aromatic carbocycles. The summed E-state index contributed by atoms with van der Waals surface area (Å²) in [6.07, 6.45) is -0.125. The molecule has 0 saturated carbocycles. The zero-order valence-electron chi connectivity index (χ0n) is 19.7. The van der Waals surface area contributed by atoms with Crippen LogP contribution in [-0.2, 0) is 19.4 Å². The second kappa shape index (κ2) is 11.6. The number of carbonyl (C=O) groups excluding carboxylic acids is 1. The topological polar surface area (TPSA) is 74.5 Å². The average Bonchev–Trinajstić information content (AvgIpc) is 3.29. The Morgan fingerprint density at radius 1 is 1.00 bits per heavy atom. The van der Waals surface area contributed by atoms with Crippen LogP contribution in [0.1, 0.15) is 34.2 Å². The number of hydrogen-bond donors (Lipinski definition) is 3. The van der Waals surface area contributed by atoms with Crippen molar-refractivity contribution < 1.29 is 23.1 Å². The van der Waals surface area contributed by atoms with Crippen molar-refractivity contribution in [2.45, 2.75) is 38.5 Å². The molecule has 1 aromatic heterocycles. The van der Waals surface area contributed by atoms with Gasteiger partial charge in [-0.3, -0.25) is 4.79 Å². The third kappa shape index (κ3) is 6.49. The quantitative estimate of drug-likeness (QED) is 0.265. The maximum absolute atomic E-state index is 13.8. The van der Waals surface area contributed by atoms with Crippen LogP contribution in [0.4, 0.5) is 8.78 Å². The Kier molecular flexibility index (Phi) is 8.36. The molecule has 0 spiro atoms. The van der Waals surface area contributed by atoms with Gasteiger partial charge >= 0.3 is 0 Å². The number of amides is 1. The maximum Gasteiger partial charge on any atom is 0.287 e. The van der Waals surface area contributed by atoms with Crippen molar-refractivity contribution in [3.63, 3.8) is 0 Å². The number of aryl methyl sites for hydroxylation is 1. The molecule has 2 atom stereocenters. The Balaban J connectivity index is 1.49. The van der Waals surface area contributed by atoms with Crippen LogP contribution >= 0.6 is 11.6 Å². The number of halogens is 3. The van der Waals surface area contributed by atoms with E-state index in [0.717, 1.165) is 18.1 Å². The summed E-state index contributed by atoms with van der Waals surface area (Å²) in [6.45, 7) is 2.74. The summed E-state index contributed by atoms with van der Waals surface area (Å²) in [5.41, 5.74) is 2.96. The van der Waals surface area contributed by atoms with E-state index < -0.39 is 29.7 Å². The third-order valence-corrected chi connectivity index (χ3v) is 6.26. The smallest absolute Gasteiger partial charge is 0.287 e. The molecule has 1 heterocycles. The molecule has 0 fully saturated rings. The Morgan fingerprint density at radius 3 is 2.44 bits per heavy atom. The molecular formula is C28H27ClF2N2O3. The number of benzene rings is 3. The van der Waals surface area contributed by atoms with E-state index in [4.69, 9.17) is 16.0 Å². The van der Waals surface area contributed by atoms with Crippen LogP contribution < -0.4 is 10.6 Å². The average molecular weight is 513 g/mol. The van der Waals surface area contributed by atoms with Crippen LogP contribution in [0, 0.1) is 11.6 Å². The molecule has 188 valence electrons. The molecule has 36 heavy (non-hydrogen) atoms. The maximum atomic E-state index is 13.8. The van der Waals surface area contributed by atoms with E-state index in [1.54, 1.807) is 24.3 Å². The summed E-state index contributed by atoms with van der Waals surface area (Å²) in [5.74, 6) is -2.01. The van der Waals surface area contributed by atoms with Crippen LogP contribution in [0.25, 0.3) is 11.0 Å². The van der Waals surface area contributed by atoms with Gasteiger partial charge in [0.1, 0.15) is 11.6 Å². The lowest BCUT2D eigenvalue weighted by Gasteiger charge is -2.24. The predicted molar refractivity (Wildman–Crippen MR) is 136 cm³/mol. The Hall–Kier alpha value is -3.26. The van der Waals surface area contributed by atoms with Gasteiger partial charge < -0.3 is 20.2 Å². The van der Waals surface area contributed by atoms with E-state index >= 15 is 0 Å². The van der Waals surface area contributed by atoms with E-state index in [2.05, 4.69) is 23.6 Å². The summed E-state index contributed by atoms with van der Waals surface area (Å²) in [7, 11) is 0. The highest BCUT2D eigenvalue weighted by atomic mass is 35.5. The number of fused-ring (bicyclic) bond motifs is 1. The zero-order chi connectivity index (χ0) is 25.7. The molecule has 1 amide bonds. The molecule has 4 aromatic rings. The first kappa shape index (κ1) is 25.8. The van der Waals surface area contributed by atoms with Crippen molar-refractivity contribution in [3.8, 4) is 0 Å². The van der Waals surface area contributed by atoms with E-state index in [1.807, 2.05) is 18.2 Å². The first-order valence-electron chi connectivity index (χ1n) is 11.7. The summed E-state index contributed by atoms with van der Waals surface area (Å²) < 4.78 is 33.2. The molecular weight excluding hydrogens is 486 g/mol. The summed E-state index contributed by atoms with van der Waals surface area (Å²) >= 11 is 6.15. The molecule has 0 aliphatic carbocycles. The van der Waals surface area contributed by atoms with Gasteiger partial charge in [-0.1, -0.05) is 54.9 Å². The van der Waals surface area contributed by atoms with E-state index in [1.165, 1.54) is 17.7 Å². The number of carbonyl (C=O) groups is 1. The van der Waals surface area contributed by atoms with Gasteiger partial charge in [-0.2, -0.15) is 0 Å². The number of furan rings is 1. The standard InChI is InChI=1S/C28H27ClF2N2O3/c1-2-17-5-3-6-18(9-17)15-32-16-25(34)24(12-19-10-21(30)14-22(31)11-19)33-28(35)26-13-20-7-4-8-23(29)27(20)36-26/h3-11,13-14,24-25,32,34H,2,12,15-16H2,1H3,(H,33,35)/t24-,25+/m0/s1. The molecule has 0 aliphatic heterocycles. The fraction of sp³-hybridized carbons (Fsp3) is 0.250. The van der Waals surface area contributed by atoms with Gasteiger partial charge in [0, 0.05) is 24.5 Å². The summed E-state index contributed by atoms with van der Waals surface area (Å²) in [5, 5.41) is 17.9. The van der Waals surface area contributed by atoms with Gasteiger partial charge in [0.2, 0.25) is 0 Å². The molecule has 8 heteroatoms. The van der Waals surface area contributed by atoms with Crippen molar-refractivity contribution in [2.75, 3.05) is 6.54 Å². The predicted octanol–water partition coefficient (Wildman–Crippen LogP) is 5.42. The number of rotatable bonds is 10. The molecule has 0 bridgehead atoms. The van der Waals surface area contributed by atoms with E-state index in [9.17, 15) is 18.7 Å². The van der Waals surface area contributed by atoms with Crippen LogP contribution in [-0.4, -0.2) is 29.7 Å². The second-order valence-corrected chi connectivity index (χ2v) is 9.11. The first-order valence-corrected chi connectivity index (χ1v) is 12.1. The minimum atomic E-state index is -1.05. The second-order valence-electron chi connectivity index (χ2n) is 8.70. The SMILES string of the molecule is CCc1cccc(CNC[C@@H](O)[C@H](Cc2cc(F)cc(F)c2)NC(=O)c2cc3cccc(Cl)c3o2)c1. The number of hydrogen-bond acceptors (Lipinski definition) is 4. The largest absolute Gasteiger partial charge is 0.449 e. The molecule has 0 unspecified atom stereocenters.